The Labute approximate surface area is 174 Å². The third kappa shape index (κ3) is 5.72. The van der Waals surface area contributed by atoms with E-state index in [1.54, 1.807) is 10.8 Å². The number of carbonyl (C=O) groups excluding carboxylic acids is 2. The maximum atomic E-state index is 13.0. The lowest BCUT2D eigenvalue weighted by molar-refractivity contribution is -0.149. The molecule has 0 atom stereocenters. The number of amides is 2. The van der Waals surface area contributed by atoms with Crippen LogP contribution in [-0.4, -0.2) is 52.3 Å². The van der Waals surface area contributed by atoms with Gasteiger partial charge in [0.1, 0.15) is 5.60 Å². The van der Waals surface area contributed by atoms with Gasteiger partial charge in [0.2, 0.25) is 5.91 Å². The molecule has 0 aromatic rings. The summed E-state index contributed by atoms with van der Waals surface area (Å²) in [6, 6.07) is 0. The van der Waals surface area contributed by atoms with Crippen LogP contribution in [0, 0.1) is 5.41 Å². The van der Waals surface area contributed by atoms with E-state index in [9.17, 15) is 14.4 Å². The Balaban J connectivity index is 1.85. The van der Waals surface area contributed by atoms with Crippen molar-refractivity contribution < 1.29 is 24.2 Å². The molecular formula is C19H32N2O5S2. The molecule has 3 N–H and O–H groups in total. The lowest BCUT2D eigenvalue weighted by Crippen LogP contribution is -2.71. The molecule has 2 aliphatic rings. The topological polar surface area (TPSA) is 105 Å². The Morgan fingerprint density at radius 2 is 1.64 bits per heavy atom. The Hall–Kier alpha value is -1.09. The summed E-state index contributed by atoms with van der Waals surface area (Å²) < 4.78 is 5.44. The van der Waals surface area contributed by atoms with Gasteiger partial charge in [0.25, 0.3) is 0 Å². The Morgan fingerprint density at radius 3 is 2.11 bits per heavy atom. The number of carboxylic acid groups (broad SMARTS) is 1. The molecule has 28 heavy (non-hydrogen) atoms. The number of alkyl carbamates (subject to hydrolysis) is 1. The van der Waals surface area contributed by atoms with Crippen LogP contribution in [0.15, 0.2) is 0 Å². The predicted molar refractivity (Wildman–Crippen MR) is 112 cm³/mol. The fraction of sp³-hybridized carbons (Fsp3) is 0.842. The smallest absolute Gasteiger partial charge is 0.408 e. The highest BCUT2D eigenvalue weighted by molar-refractivity contribution is 8.76. The van der Waals surface area contributed by atoms with Crippen molar-refractivity contribution in [3.8, 4) is 0 Å². The highest BCUT2D eigenvalue weighted by Gasteiger charge is 2.62. The third-order valence-electron chi connectivity index (χ3n) is 5.46. The van der Waals surface area contributed by atoms with Crippen molar-refractivity contribution in [3.63, 3.8) is 0 Å². The second kappa shape index (κ2) is 9.61. The molecule has 0 unspecified atom stereocenters. The van der Waals surface area contributed by atoms with Crippen LogP contribution >= 0.6 is 21.6 Å². The van der Waals surface area contributed by atoms with E-state index in [2.05, 4.69) is 10.6 Å². The van der Waals surface area contributed by atoms with Crippen molar-refractivity contribution in [2.45, 2.75) is 76.9 Å². The van der Waals surface area contributed by atoms with E-state index in [4.69, 9.17) is 9.84 Å². The van der Waals surface area contributed by atoms with Gasteiger partial charge in [-0.1, -0.05) is 28.0 Å². The van der Waals surface area contributed by atoms with Crippen molar-refractivity contribution in [3.05, 3.63) is 0 Å². The lowest BCUT2D eigenvalue weighted by Gasteiger charge is -2.59. The average molecular weight is 433 g/mol. The van der Waals surface area contributed by atoms with Gasteiger partial charge in [0.15, 0.2) is 0 Å². The van der Waals surface area contributed by atoms with Gasteiger partial charge in [-0.15, -0.1) is 0 Å². The molecule has 7 nitrogen and oxygen atoms in total. The van der Waals surface area contributed by atoms with E-state index < -0.39 is 28.6 Å². The largest absolute Gasteiger partial charge is 0.481 e. The minimum absolute atomic E-state index is 0.0191. The molecule has 2 rings (SSSR count). The van der Waals surface area contributed by atoms with Gasteiger partial charge in [0.05, 0.1) is 17.4 Å². The predicted octanol–water partition coefficient (Wildman–Crippen LogP) is 3.58. The van der Waals surface area contributed by atoms with E-state index in [0.717, 1.165) is 44.3 Å². The highest BCUT2D eigenvalue weighted by Crippen LogP contribution is 2.57. The van der Waals surface area contributed by atoms with Crippen LogP contribution in [0.2, 0.25) is 0 Å². The van der Waals surface area contributed by atoms with Crippen LogP contribution in [0.1, 0.15) is 65.7 Å². The average Bonchev–Trinajstić information content (AvgIpc) is 2.48. The summed E-state index contributed by atoms with van der Waals surface area (Å²) in [6.07, 6.45) is 4.87. The monoisotopic (exact) mass is 432 g/mol. The van der Waals surface area contributed by atoms with Gasteiger partial charge in [-0.05, 0) is 52.9 Å². The molecular weight excluding hydrogens is 400 g/mol. The zero-order valence-corrected chi connectivity index (χ0v) is 18.6. The summed E-state index contributed by atoms with van der Waals surface area (Å²) in [5.74, 6) is 0.501. The number of rotatable bonds is 10. The molecule has 0 aliphatic heterocycles. The maximum absolute atomic E-state index is 13.0. The highest BCUT2D eigenvalue weighted by atomic mass is 33.1. The molecule has 0 saturated heterocycles. The zero-order valence-electron chi connectivity index (χ0n) is 17.0. The SMILES string of the molecule is CC(C)(C)OC(=O)NC1(C2(C(=O)NCCSSCCC(=O)O)CCC2)CCC1. The van der Waals surface area contributed by atoms with Crippen LogP contribution in [0.3, 0.4) is 0 Å². The van der Waals surface area contributed by atoms with Crippen molar-refractivity contribution in [2.75, 3.05) is 18.1 Å². The van der Waals surface area contributed by atoms with Crippen LogP contribution in [-0.2, 0) is 14.3 Å². The van der Waals surface area contributed by atoms with Gasteiger partial charge in [-0.25, -0.2) is 4.79 Å². The zero-order chi connectivity index (χ0) is 20.8. The van der Waals surface area contributed by atoms with Crippen LogP contribution in [0.4, 0.5) is 4.79 Å². The molecule has 2 fully saturated rings. The standard InChI is InChI=1S/C19H32N2O5S2/c1-17(2,3)26-16(25)21-19(9-5-10-19)18(7-4-8-18)15(24)20-11-13-28-27-12-6-14(22)23/h4-13H2,1-3H3,(H,20,24)(H,21,25)(H,22,23). The lowest BCUT2D eigenvalue weighted by atomic mass is 9.50. The van der Waals surface area contributed by atoms with Gasteiger partial charge in [0, 0.05) is 18.1 Å². The summed E-state index contributed by atoms with van der Waals surface area (Å²) >= 11 is 0. The van der Waals surface area contributed by atoms with Gasteiger partial charge in [-0.2, -0.15) is 0 Å². The first-order valence-corrected chi connectivity index (χ1v) is 12.3. The molecule has 2 amide bonds. The molecule has 2 aliphatic carbocycles. The summed E-state index contributed by atoms with van der Waals surface area (Å²) in [5, 5.41) is 14.7. The van der Waals surface area contributed by atoms with Gasteiger partial charge < -0.3 is 20.5 Å². The number of hydrogen-bond donors (Lipinski definition) is 3. The summed E-state index contributed by atoms with van der Waals surface area (Å²) in [7, 11) is 3.07. The number of ether oxygens (including phenoxy) is 1. The normalized spacial score (nSPS) is 19.7. The molecule has 0 heterocycles. The van der Waals surface area contributed by atoms with Gasteiger partial charge >= 0.3 is 12.1 Å². The molecule has 9 heteroatoms. The van der Waals surface area contributed by atoms with Crippen molar-refractivity contribution in [1.29, 1.82) is 0 Å². The molecule has 2 saturated carbocycles. The Morgan fingerprint density at radius 1 is 1.04 bits per heavy atom. The number of aliphatic carboxylic acids is 1. The van der Waals surface area contributed by atoms with E-state index in [0.29, 0.717) is 12.3 Å². The van der Waals surface area contributed by atoms with E-state index >= 15 is 0 Å². The fourth-order valence-corrected chi connectivity index (χ4v) is 5.71. The molecule has 0 spiro atoms. The van der Waals surface area contributed by atoms with Crippen LogP contribution < -0.4 is 10.6 Å². The number of carboxylic acids is 1. The third-order valence-corrected chi connectivity index (χ3v) is 7.87. The first kappa shape index (κ1) is 23.2. The van der Waals surface area contributed by atoms with E-state index in [1.165, 1.54) is 10.8 Å². The minimum atomic E-state index is -0.795. The molecule has 0 aromatic heterocycles. The van der Waals surface area contributed by atoms with Crippen molar-refractivity contribution in [1.82, 2.24) is 10.6 Å². The second-order valence-corrected chi connectivity index (χ2v) is 11.2. The van der Waals surface area contributed by atoms with E-state index in [-0.39, 0.29) is 12.3 Å². The number of hydrogen-bond acceptors (Lipinski definition) is 6. The molecule has 0 radical (unpaired) electrons. The van der Waals surface area contributed by atoms with Crippen LogP contribution in [0.25, 0.3) is 0 Å². The first-order chi connectivity index (χ1) is 13.1. The van der Waals surface area contributed by atoms with E-state index in [1.807, 2.05) is 20.8 Å². The number of nitrogens with one attached hydrogen (secondary N) is 2. The molecule has 160 valence electrons. The van der Waals surface area contributed by atoms with Crippen molar-refractivity contribution in [2.24, 2.45) is 5.41 Å². The first-order valence-electron chi connectivity index (χ1n) is 9.86. The number of carbonyl (C=O) groups is 3. The summed E-state index contributed by atoms with van der Waals surface area (Å²) in [5.41, 5.74) is -1.61. The van der Waals surface area contributed by atoms with Crippen LogP contribution in [0.5, 0.6) is 0 Å². The summed E-state index contributed by atoms with van der Waals surface area (Å²) in [4.78, 5) is 35.9. The minimum Gasteiger partial charge on any atom is -0.481 e. The molecule has 0 aromatic carbocycles. The quantitative estimate of drug-likeness (QED) is 0.358. The Bertz CT molecular complexity index is 583. The maximum Gasteiger partial charge on any atom is 0.408 e. The summed E-state index contributed by atoms with van der Waals surface area (Å²) in [6.45, 7) is 6.03. The van der Waals surface area contributed by atoms with Crippen molar-refractivity contribution >= 4 is 39.6 Å². The van der Waals surface area contributed by atoms with Gasteiger partial charge in [-0.3, -0.25) is 9.59 Å². The second-order valence-electron chi connectivity index (χ2n) is 8.54. The molecule has 0 bridgehead atoms. The fourth-order valence-electron chi connectivity index (χ4n) is 3.83. The Kier molecular flexibility index (Phi) is 7.96.